The Labute approximate surface area is 225 Å². The minimum Gasteiger partial charge on any atom is -0.497 e. The molecule has 0 saturated heterocycles. The van der Waals surface area contributed by atoms with Crippen molar-refractivity contribution in [3.8, 4) is 17.2 Å². The first-order valence-electron chi connectivity index (χ1n) is 12.5. The normalized spacial score (nSPS) is 15.1. The molecule has 1 aromatic heterocycles. The van der Waals surface area contributed by atoms with Crippen molar-refractivity contribution in [3.05, 3.63) is 84.5 Å². The number of carbonyl (C=O) groups excluding carboxylic acids is 1. The van der Waals surface area contributed by atoms with E-state index in [1.54, 1.807) is 43.9 Å². The molecule has 200 valence electrons. The first kappa shape index (κ1) is 27.2. The monoisotopic (exact) mass is 536 g/mol. The van der Waals surface area contributed by atoms with Crippen molar-refractivity contribution < 1.29 is 23.7 Å². The summed E-state index contributed by atoms with van der Waals surface area (Å²) < 4.78 is 23.8. The van der Waals surface area contributed by atoms with Gasteiger partial charge in [-0.05, 0) is 54.8 Å². The van der Waals surface area contributed by atoms with Crippen molar-refractivity contribution in [2.75, 3.05) is 27.9 Å². The molecule has 1 aliphatic rings. The molecule has 0 N–H and O–H groups in total. The summed E-state index contributed by atoms with van der Waals surface area (Å²) in [5.41, 5.74) is 2.12. The van der Waals surface area contributed by atoms with Gasteiger partial charge in [0, 0.05) is 0 Å². The standard InChI is InChI=1S/C29H32N2O6S/c1-6-7-8-15-37-22-14-9-19(16-23(22)35-4)17-24-27(32)31-26(20-10-12-21(34-3)13-11-20)25(28(33)36-5)18(2)30-29(31)38-24/h9-14,16-17,26H,6-8,15H2,1-5H3. The molecule has 0 bridgehead atoms. The third-order valence-electron chi connectivity index (χ3n) is 6.35. The van der Waals surface area contributed by atoms with Gasteiger partial charge in [-0.25, -0.2) is 9.79 Å². The van der Waals surface area contributed by atoms with Gasteiger partial charge in [0.1, 0.15) is 5.75 Å². The van der Waals surface area contributed by atoms with E-state index in [4.69, 9.17) is 18.9 Å². The van der Waals surface area contributed by atoms with Gasteiger partial charge in [0.25, 0.3) is 5.56 Å². The van der Waals surface area contributed by atoms with Crippen LogP contribution in [0.25, 0.3) is 6.08 Å². The number of benzene rings is 2. The minimum absolute atomic E-state index is 0.248. The molecule has 8 nitrogen and oxygen atoms in total. The molecule has 1 atom stereocenters. The molecule has 38 heavy (non-hydrogen) atoms. The maximum Gasteiger partial charge on any atom is 0.338 e. The highest BCUT2D eigenvalue weighted by molar-refractivity contribution is 7.07. The van der Waals surface area contributed by atoms with Crippen LogP contribution in [0.1, 0.15) is 50.3 Å². The number of hydrogen-bond acceptors (Lipinski definition) is 8. The minimum atomic E-state index is -0.680. The Kier molecular flexibility index (Phi) is 8.68. The third-order valence-corrected chi connectivity index (χ3v) is 7.33. The van der Waals surface area contributed by atoms with Crippen LogP contribution in [0.15, 0.2) is 63.5 Å². The predicted molar refractivity (Wildman–Crippen MR) is 147 cm³/mol. The fraction of sp³-hybridized carbons (Fsp3) is 0.345. The molecule has 0 aliphatic carbocycles. The maximum absolute atomic E-state index is 13.7. The molecule has 0 amide bonds. The van der Waals surface area contributed by atoms with E-state index in [0.717, 1.165) is 30.4 Å². The molecule has 1 unspecified atom stereocenters. The van der Waals surface area contributed by atoms with E-state index in [2.05, 4.69) is 11.9 Å². The van der Waals surface area contributed by atoms with E-state index >= 15 is 0 Å². The van der Waals surface area contributed by atoms with Gasteiger partial charge in [0.15, 0.2) is 16.3 Å². The summed E-state index contributed by atoms with van der Waals surface area (Å²) in [7, 11) is 4.50. The summed E-state index contributed by atoms with van der Waals surface area (Å²) in [6, 6.07) is 12.2. The molecule has 2 heterocycles. The molecular formula is C29H32N2O6S. The summed E-state index contributed by atoms with van der Waals surface area (Å²) in [5.74, 6) is 1.41. The molecule has 0 saturated carbocycles. The van der Waals surface area contributed by atoms with E-state index in [1.807, 2.05) is 30.3 Å². The number of rotatable bonds is 10. The Hall–Kier alpha value is -3.85. The van der Waals surface area contributed by atoms with Crippen LogP contribution in [0, 0.1) is 0 Å². The zero-order chi connectivity index (χ0) is 27.2. The second-order valence-corrected chi connectivity index (χ2v) is 9.82. The van der Waals surface area contributed by atoms with Gasteiger partial charge >= 0.3 is 5.97 Å². The van der Waals surface area contributed by atoms with Crippen molar-refractivity contribution in [2.45, 2.75) is 39.2 Å². The topological polar surface area (TPSA) is 88.4 Å². The van der Waals surface area contributed by atoms with Gasteiger partial charge in [0.05, 0.1) is 49.8 Å². The highest BCUT2D eigenvalue weighted by Gasteiger charge is 2.33. The SMILES string of the molecule is CCCCCOc1ccc(C=c2sc3n(c2=O)C(c2ccc(OC)cc2)C(C(=O)OC)=C(C)N=3)cc1OC. The van der Waals surface area contributed by atoms with Crippen molar-refractivity contribution in [2.24, 2.45) is 4.99 Å². The highest BCUT2D eigenvalue weighted by atomic mass is 32.1. The average molecular weight is 537 g/mol. The lowest BCUT2D eigenvalue weighted by atomic mass is 9.96. The quantitative estimate of drug-likeness (QED) is 0.288. The number of esters is 1. The van der Waals surface area contributed by atoms with Crippen LogP contribution in [0.3, 0.4) is 0 Å². The van der Waals surface area contributed by atoms with E-state index in [1.165, 1.54) is 18.4 Å². The second-order valence-electron chi connectivity index (χ2n) is 8.81. The number of aromatic nitrogens is 1. The predicted octanol–water partition coefficient (Wildman–Crippen LogP) is 3.99. The zero-order valence-electron chi connectivity index (χ0n) is 22.3. The summed E-state index contributed by atoms with van der Waals surface area (Å²) in [6.07, 6.45) is 5.01. The lowest BCUT2D eigenvalue weighted by molar-refractivity contribution is -0.136. The Morgan fingerprint density at radius 2 is 1.82 bits per heavy atom. The molecule has 2 aromatic carbocycles. The van der Waals surface area contributed by atoms with Crippen LogP contribution >= 0.6 is 11.3 Å². The number of thiazole rings is 1. The largest absolute Gasteiger partial charge is 0.497 e. The van der Waals surface area contributed by atoms with E-state index in [-0.39, 0.29) is 5.56 Å². The smallest absolute Gasteiger partial charge is 0.338 e. The first-order valence-corrected chi connectivity index (χ1v) is 13.3. The summed E-state index contributed by atoms with van der Waals surface area (Å²) in [4.78, 5) is 31.7. The van der Waals surface area contributed by atoms with Crippen LogP contribution in [0.4, 0.5) is 0 Å². The molecule has 4 rings (SSSR count). The van der Waals surface area contributed by atoms with E-state index in [9.17, 15) is 9.59 Å². The van der Waals surface area contributed by atoms with Gasteiger partial charge in [-0.1, -0.05) is 49.3 Å². The average Bonchev–Trinajstić information content (AvgIpc) is 3.24. The first-order chi connectivity index (χ1) is 18.4. The summed E-state index contributed by atoms with van der Waals surface area (Å²) in [5, 5.41) is 0. The van der Waals surface area contributed by atoms with Gasteiger partial charge in [-0.3, -0.25) is 9.36 Å². The van der Waals surface area contributed by atoms with Gasteiger partial charge in [-0.2, -0.15) is 0 Å². The van der Waals surface area contributed by atoms with Crippen LogP contribution < -0.4 is 29.1 Å². The Balaban J connectivity index is 1.79. The lowest BCUT2D eigenvalue weighted by Crippen LogP contribution is -2.39. The number of methoxy groups -OCH3 is 3. The molecule has 3 aromatic rings. The number of carbonyl (C=O) groups is 1. The Morgan fingerprint density at radius 1 is 1.05 bits per heavy atom. The van der Waals surface area contributed by atoms with Crippen molar-refractivity contribution in [1.29, 1.82) is 0 Å². The summed E-state index contributed by atoms with van der Waals surface area (Å²) in [6.45, 7) is 4.52. The molecule has 0 spiro atoms. The number of fused-ring (bicyclic) bond motifs is 1. The zero-order valence-corrected chi connectivity index (χ0v) is 23.1. The number of unbranched alkanes of at least 4 members (excludes halogenated alkanes) is 2. The van der Waals surface area contributed by atoms with E-state index in [0.29, 0.717) is 44.5 Å². The Morgan fingerprint density at radius 3 is 2.47 bits per heavy atom. The van der Waals surface area contributed by atoms with Crippen LogP contribution in [-0.4, -0.2) is 38.5 Å². The molecular weight excluding hydrogens is 504 g/mol. The molecule has 0 radical (unpaired) electrons. The number of allylic oxidation sites excluding steroid dienone is 1. The van der Waals surface area contributed by atoms with Crippen molar-refractivity contribution in [3.63, 3.8) is 0 Å². The highest BCUT2D eigenvalue weighted by Crippen LogP contribution is 2.32. The maximum atomic E-state index is 13.7. The number of ether oxygens (including phenoxy) is 4. The Bertz CT molecular complexity index is 1520. The van der Waals surface area contributed by atoms with Gasteiger partial charge in [-0.15, -0.1) is 0 Å². The van der Waals surface area contributed by atoms with Crippen LogP contribution in [0.5, 0.6) is 17.2 Å². The molecule has 1 aliphatic heterocycles. The van der Waals surface area contributed by atoms with E-state index < -0.39 is 12.0 Å². The molecule has 0 fully saturated rings. The molecule has 9 heteroatoms. The second kappa shape index (κ2) is 12.1. The fourth-order valence-electron chi connectivity index (χ4n) is 4.37. The van der Waals surface area contributed by atoms with Crippen LogP contribution in [0.2, 0.25) is 0 Å². The fourth-order valence-corrected chi connectivity index (χ4v) is 5.42. The van der Waals surface area contributed by atoms with Gasteiger partial charge < -0.3 is 18.9 Å². The lowest BCUT2D eigenvalue weighted by Gasteiger charge is -2.24. The third kappa shape index (κ3) is 5.52. The number of nitrogens with zero attached hydrogens (tertiary/aromatic N) is 2. The van der Waals surface area contributed by atoms with Crippen molar-refractivity contribution >= 4 is 23.4 Å². The van der Waals surface area contributed by atoms with Crippen molar-refractivity contribution in [1.82, 2.24) is 4.57 Å². The summed E-state index contributed by atoms with van der Waals surface area (Å²) >= 11 is 1.27. The van der Waals surface area contributed by atoms with Crippen LogP contribution in [-0.2, 0) is 9.53 Å². The van der Waals surface area contributed by atoms with Gasteiger partial charge in [0.2, 0.25) is 0 Å². The number of hydrogen-bond donors (Lipinski definition) is 0.